The van der Waals surface area contributed by atoms with Gasteiger partial charge < -0.3 is 14.8 Å². The van der Waals surface area contributed by atoms with Crippen LogP contribution in [0.1, 0.15) is 11.9 Å². The molecule has 1 atom stereocenters. The molecule has 1 unspecified atom stereocenters. The maximum absolute atomic E-state index is 4.73. The molecule has 3 heterocycles. The number of nitrogens with one attached hydrogen (secondary N) is 1. The molecule has 2 aromatic rings. The first-order valence-corrected chi connectivity index (χ1v) is 6.11. The third-order valence-corrected chi connectivity index (χ3v) is 3.19. The van der Waals surface area contributed by atoms with Crippen molar-refractivity contribution < 1.29 is 0 Å². The highest BCUT2D eigenvalue weighted by atomic mass is 15.2. The van der Waals surface area contributed by atoms with E-state index in [-0.39, 0.29) is 6.04 Å². The van der Waals surface area contributed by atoms with Gasteiger partial charge in [0, 0.05) is 46.0 Å². The second-order valence-corrected chi connectivity index (χ2v) is 4.68. The molecule has 1 aliphatic heterocycles. The lowest BCUT2D eigenvalue weighted by atomic mass is 10.3. The molecule has 0 bridgehead atoms. The van der Waals surface area contributed by atoms with Crippen molar-refractivity contribution in [2.75, 3.05) is 19.0 Å². The molecule has 0 aliphatic carbocycles. The lowest BCUT2D eigenvalue weighted by molar-refractivity contribution is 0.696. The third-order valence-electron chi connectivity index (χ3n) is 3.19. The lowest BCUT2D eigenvalue weighted by Crippen LogP contribution is -2.22. The SMILES string of the molecule is CN(C)c1nccc2c1nc(C1C=NC=CN1)n2C. The van der Waals surface area contributed by atoms with Gasteiger partial charge in [-0.1, -0.05) is 0 Å². The minimum Gasteiger partial charge on any atom is -0.376 e. The van der Waals surface area contributed by atoms with Crippen molar-refractivity contribution in [2.24, 2.45) is 12.0 Å². The monoisotopic (exact) mass is 256 g/mol. The Morgan fingerprint density at radius 1 is 1.37 bits per heavy atom. The lowest BCUT2D eigenvalue weighted by Gasteiger charge is -2.14. The Hall–Kier alpha value is -2.37. The Kier molecular flexibility index (Phi) is 2.70. The number of imidazole rings is 1. The van der Waals surface area contributed by atoms with E-state index in [0.717, 1.165) is 22.7 Å². The van der Waals surface area contributed by atoms with E-state index in [1.54, 1.807) is 6.20 Å². The highest BCUT2D eigenvalue weighted by molar-refractivity contribution is 5.87. The largest absolute Gasteiger partial charge is 0.376 e. The minimum absolute atomic E-state index is 0.00240. The van der Waals surface area contributed by atoms with Crippen LogP contribution >= 0.6 is 0 Å². The molecule has 2 aromatic heterocycles. The van der Waals surface area contributed by atoms with E-state index in [4.69, 9.17) is 4.98 Å². The van der Waals surface area contributed by atoms with Crippen LogP contribution in [0.2, 0.25) is 0 Å². The van der Waals surface area contributed by atoms with Crippen LogP contribution in [0.3, 0.4) is 0 Å². The molecule has 0 aromatic carbocycles. The minimum atomic E-state index is -0.00240. The summed E-state index contributed by atoms with van der Waals surface area (Å²) >= 11 is 0. The Labute approximate surface area is 111 Å². The number of fused-ring (bicyclic) bond motifs is 1. The molecule has 1 N–H and O–H groups in total. The Morgan fingerprint density at radius 3 is 2.89 bits per heavy atom. The Bertz CT molecular complexity index is 667. The normalized spacial score (nSPS) is 17.7. The van der Waals surface area contributed by atoms with Gasteiger partial charge in [0.25, 0.3) is 0 Å². The summed E-state index contributed by atoms with van der Waals surface area (Å²) in [5, 5.41) is 3.24. The van der Waals surface area contributed by atoms with Gasteiger partial charge in [0.2, 0.25) is 0 Å². The van der Waals surface area contributed by atoms with Crippen LogP contribution in [0.5, 0.6) is 0 Å². The standard InChI is InChI=1S/C13H16N6/c1-18(2)13-11-10(4-5-16-13)19(3)12(17-11)9-8-14-6-7-15-9/h4-9,15H,1-3H3. The molecule has 0 fully saturated rings. The summed E-state index contributed by atoms with van der Waals surface area (Å²) < 4.78 is 2.08. The predicted molar refractivity (Wildman–Crippen MR) is 76.3 cm³/mol. The maximum Gasteiger partial charge on any atom is 0.156 e. The summed E-state index contributed by atoms with van der Waals surface area (Å²) in [5.74, 6) is 1.81. The summed E-state index contributed by atoms with van der Waals surface area (Å²) in [7, 11) is 5.95. The van der Waals surface area contributed by atoms with Crippen LogP contribution in [0.4, 0.5) is 5.82 Å². The molecule has 98 valence electrons. The number of aromatic nitrogens is 3. The van der Waals surface area contributed by atoms with Crippen LogP contribution in [0, 0.1) is 0 Å². The van der Waals surface area contributed by atoms with Gasteiger partial charge in [-0.2, -0.15) is 0 Å². The molecular formula is C13H16N6. The second-order valence-electron chi connectivity index (χ2n) is 4.68. The fourth-order valence-electron chi connectivity index (χ4n) is 2.24. The van der Waals surface area contributed by atoms with Crippen molar-refractivity contribution in [3.63, 3.8) is 0 Å². The average Bonchev–Trinajstić information content (AvgIpc) is 2.77. The molecule has 19 heavy (non-hydrogen) atoms. The molecule has 0 saturated carbocycles. The highest BCUT2D eigenvalue weighted by Crippen LogP contribution is 2.25. The number of rotatable bonds is 2. The molecule has 0 radical (unpaired) electrons. The van der Waals surface area contributed by atoms with E-state index in [0.29, 0.717) is 0 Å². The first-order valence-electron chi connectivity index (χ1n) is 6.11. The molecule has 0 saturated heterocycles. The first kappa shape index (κ1) is 11.7. The zero-order valence-electron chi connectivity index (χ0n) is 11.2. The van der Waals surface area contributed by atoms with E-state index >= 15 is 0 Å². The van der Waals surface area contributed by atoms with E-state index in [2.05, 4.69) is 19.9 Å². The van der Waals surface area contributed by atoms with E-state index in [9.17, 15) is 0 Å². The molecule has 0 spiro atoms. The number of hydrogen-bond acceptors (Lipinski definition) is 5. The zero-order valence-corrected chi connectivity index (χ0v) is 11.2. The van der Waals surface area contributed by atoms with E-state index in [1.165, 1.54) is 0 Å². The maximum atomic E-state index is 4.73. The van der Waals surface area contributed by atoms with Gasteiger partial charge in [-0.15, -0.1) is 0 Å². The summed E-state index contributed by atoms with van der Waals surface area (Å²) in [6.07, 6.45) is 7.22. The number of nitrogens with zero attached hydrogens (tertiary/aromatic N) is 5. The van der Waals surface area contributed by atoms with Crippen LogP contribution in [0.25, 0.3) is 11.0 Å². The predicted octanol–water partition coefficient (Wildman–Crippen LogP) is 1.22. The fraction of sp³-hybridized carbons (Fsp3) is 0.308. The van der Waals surface area contributed by atoms with E-state index < -0.39 is 0 Å². The molecule has 3 rings (SSSR count). The van der Waals surface area contributed by atoms with Crippen LogP contribution < -0.4 is 10.2 Å². The highest BCUT2D eigenvalue weighted by Gasteiger charge is 2.19. The summed E-state index contributed by atoms with van der Waals surface area (Å²) in [6.45, 7) is 0. The van der Waals surface area contributed by atoms with Crippen molar-refractivity contribution >= 4 is 23.1 Å². The molecule has 1 aliphatic rings. The van der Waals surface area contributed by atoms with Gasteiger partial charge in [0.15, 0.2) is 5.82 Å². The first-order chi connectivity index (χ1) is 9.18. The average molecular weight is 256 g/mol. The number of anilines is 1. The molecular weight excluding hydrogens is 240 g/mol. The van der Waals surface area contributed by atoms with Crippen LogP contribution in [-0.4, -0.2) is 34.8 Å². The smallest absolute Gasteiger partial charge is 0.156 e. The van der Waals surface area contributed by atoms with Gasteiger partial charge in [0.1, 0.15) is 17.4 Å². The summed E-state index contributed by atoms with van der Waals surface area (Å²) in [4.78, 5) is 15.2. The topological polar surface area (TPSA) is 58.3 Å². The summed E-state index contributed by atoms with van der Waals surface area (Å²) in [6, 6.07) is 1.98. The van der Waals surface area contributed by atoms with Crippen molar-refractivity contribution in [2.45, 2.75) is 6.04 Å². The Morgan fingerprint density at radius 2 is 2.21 bits per heavy atom. The van der Waals surface area contributed by atoms with Gasteiger partial charge >= 0.3 is 0 Å². The fourth-order valence-corrected chi connectivity index (χ4v) is 2.24. The molecule has 6 heteroatoms. The van der Waals surface area contributed by atoms with Gasteiger partial charge in [0.05, 0.1) is 5.52 Å². The van der Waals surface area contributed by atoms with E-state index in [1.807, 2.05) is 50.7 Å². The third kappa shape index (κ3) is 1.85. The van der Waals surface area contributed by atoms with Crippen LogP contribution in [-0.2, 0) is 7.05 Å². The molecule has 6 nitrogen and oxygen atoms in total. The van der Waals surface area contributed by atoms with Crippen molar-refractivity contribution in [3.8, 4) is 0 Å². The Balaban J connectivity index is 2.17. The number of aliphatic imine (C=N–C) groups is 1. The zero-order chi connectivity index (χ0) is 13.4. The number of aryl methyl sites for hydroxylation is 1. The van der Waals surface area contributed by atoms with Gasteiger partial charge in [-0.25, -0.2) is 9.97 Å². The molecule has 0 amide bonds. The van der Waals surface area contributed by atoms with Gasteiger partial charge in [-0.3, -0.25) is 4.99 Å². The van der Waals surface area contributed by atoms with Crippen molar-refractivity contribution in [1.82, 2.24) is 19.9 Å². The second kappa shape index (κ2) is 4.38. The summed E-state index contributed by atoms with van der Waals surface area (Å²) in [5.41, 5.74) is 1.98. The number of pyridine rings is 1. The van der Waals surface area contributed by atoms with Gasteiger partial charge in [-0.05, 0) is 6.07 Å². The number of hydrogen-bond donors (Lipinski definition) is 1. The quantitative estimate of drug-likeness (QED) is 0.877. The van der Waals surface area contributed by atoms with Crippen LogP contribution in [0.15, 0.2) is 29.7 Å². The van der Waals surface area contributed by atoms with Crippen molar-refractivity contribution in [1.29, 1.82) is 0 Å². The van der Waals surface area contributed by atoms with Crippen molar-refractivity contribution in [3.05, 3.63) is 30.5 Å².